The van der Waals surface area contributed by atoms with Crippen molar-refractivity contribution in [3.05, 3.63) is 53.1 Å². The normalized spacial score (nSPS) is 16.3. The molecule has 0 radical (unpaired) electrons. The van der Waals surface area contributed by atoms with E-state index in [0.717, 1.165) is 30.7 Å². The number of benzene rings is 1. The lowest BCUT2D eigenvalue weighted by atomic mass is 9.84. The highest BCUT2D eigenvalue weighted by atomic mass is 35.5. The van der Waals surface area contributed by atoms with Crippen LogP contribution in [-0.2, 0) is 11.8 Å². The number of aryl methyl sites for hydroxylation is 1. The van der Waals surface area contributed by atoms with E-state index in [2.05, 4.69) is 10.3 Å². The molecule has 3 rings (SSSR count). The largest absolute Gasteiger partial charge is 0.342 e. The number of carbonyl (C=O) groups is 1. The zero-order valence-corrected chi connectivity index (χ0v) is 12.7. The molecule has 0 saturated heterocycles. The second-order valence-electron chi connectivity index (χ2n) is 5.52. The summed E-state index contributed by atoms with van der Waals surface area (Å²) in [7, 11) is 1.93. The second-order valence-corrected chi connectivity index (χ2v) is 5.95. The Morgan fingerprint density at radius 1 is 1.38 bits per heavy atom. The predicted molar refractivity (Wildman–Crippen MR) is 82.0 cm³/mol. The lowest BCUT2D eigenvalue weighted by Gasteiger charge is -2.27. The number of rotatable bonds is 4. The van der Waals surface area contributed by atoms with Gasteiger partial charge in [0.2, 0.25) is 5.91 Å². The van der Waals surface area contributed by atoms with Gasteiger partial charge < -0.3 is 9.88 Å². The molecule has 1 saturated carbocycles. The second kappa shape index (κ2) is 5.90. The summed E-state index contributed by atoms with van der Waals surface area (Å²) in [6, 6.07) is 7.30. The Kier molecular flexibility index (Phi) is 3.97. The molecule has 1 aromatic carbocycles. The highest BCUT2D eigenvalue weighted by molar-refractivity contribution is 6.30. The van der Waals surface area contributed by atoms with Crippen molar-refractivity contribution in [2.45, 2.75) is 25.3 Å². The van der Waals surface area contributed by atoms with Gasteiger partial charge in [-0.2, -0.15) is 0 Å². The minimum atomic E-state index is -0.240. The standard InChI is InChI=1S/C16H18ClN3O/c1-20-10-9-18-15(20)14(11-5-7-13(17)8-6-11)19-16(21)12-3-2-4-12/h5-10,12,14H,2-4H2,1H3,(H,19,21)/t14-/m1/s1. The first kappa shape index (κ1) is 14.1. The van der Waals surface area contributed by atoms with Gasteiger partial charge in [0.15, 0.2) is 0 Å². The van der Waals surface area contributed by atoms with Crippen LogP contribution >= 0.6 is 11.6 Å². The summed E-state index contributed by atoms with van der Waals surface area (Å²) in [6.45, 7) is 0. The Labute approximate surface area is 129 Å². The molecule has 1 atom stereocenters. The number of nitrogens with one attached hydrogen (secondary N) is 1. The Bertz CT molecular complexity index is 631. The Morgan fingerprint density at radius 2 is 2.10 bits per heavy atom. The van der Waals surface area contributed by atoms with Gasteiger partial charge in [-0.1, -0.05) is 30.2 Å². The topological polar surface area (TPSA) is 46.9 Å². The third kappa shape index (κ3) is 2.95. The minimum absolute atomic E-state index is 0.115. The molecule has 1 aliphatic rings. The molecule has 5 heteroatoms. The molecule has 110 valence electrons. The van der Waals surface area contributed by atoms with E-state index in [1.807, 2.05) is 42.1 Å². The SMILES string of the molecule is Cn1ccnc1[C@H](NC(=O)C1CCC1)c1ccc(Cl)cc1. The number of carbonyl (C=O) groups excluding carboxylic acids is 1. The summed E-state index contributed by atoms with van der Waals surface area (Å²) in [5.74, 6) is 1.09. The fraction of sp³-hybridized carbons (Fsp3) is 0.375. The molecule has 0 unspecified atom stereocenters. The lowest BCUT2D eigenvalue weighted by Crippen LogP contribution is -2.38. The Hall–Kier alpha value is -1.81. The van der Waals surface area contributed by atoms with Crippen LogP contribution in [0, 0.1) is 5.92 Å². The van der Waals surface area contributed by atoms with Gasteiger partial charge in [0.05, 0.1) is 0 Å². The fourth-order valence-electron chi connectivity index (χ4n) is 2.54. The van der Waals surface area contributed by atoms with Crippen LogP contribution in [0.3, 0.4) is 0 Å². The zero-order valence-electron chi connectivity index (χ0n) is 11.9. The smallest absolute Gasteiger partial charge is 0.223 e. The molecule has 2 aromatic rings. The number of aromatic nitrogens is 2. The van der Waals surface area contributed by atoms with Crippen LogP contribution in [0.2, 0.25) is 5.02 Å². The van der Waals surface area contributed by atoms with Gasteiger partial charge in [0.1, 0.15) is 11.9 Å². The van der Waals surface area contributed by atoms with Gasteiger partial charge in [0.25, 0.3) is 0 Å². The van der Waals surface area contributed by atoms with Crippen molar-refractivity contribution in [3.63, 3.8) is 0 Å². The summed E-state index contributed by atoms with van der Waals surface area (Å²) in [5.41, 5.74) is 0.987. The molecule has 21 heavy (non-hydrogen) atoms. The first-order chi connectivity index (χ1) is 10.1. The fourth-order valence-corrected chi connectivity index (χ4v) is 2.66. The maximum absolute atomic E-state index is 12.3. The van der Waals surface area contributed by atoms with Crippen molar-refractivity contribution in [2.24, 2.45) is 13.0 Å². The summed E-state index contributed by atoms with van der Waals surface area (Å²) >= 11 is 5.95. The average Bonchev–Trinajstić information content (AvgIpc) is 2.81. The summed E-state index contributed by atoms with van der Waals surface area (Å²) in [6.07, 6.45) is 6.74. The highest BCUT2D eigenvalue weighted by Gasteiger charge is 2.29. The first-order valence-electron chi connectivity index (χ1n) is 7.18. The van der Waals surface area contributed by atoms with Gasteiger partial charge in [-0.15, -0.1) is 0 Å². The van der Waals surface area contributed by atoms with Gasteiger partial charge in [0, 0.05) is 30.4 Å². The van der Waals surface area contributed by atoms with E-state index in [1.165, 1.54) is 0 Å². The third-order valence-corrected chi connectivity index (χ3v) is 4.33. The van der Waals surface area contributed by atoms with E-state index in [9.17, 15) is 4.79 Å². The molecule has 0 spiro atoms. The van der Waals surface area contributed by atoms with E-state index in [0.29, 0.717) is 5.02 Å². The molecule has 1 aromatic heterocycles. The number of hydrogen-bond donors (Lipinski definition) is 1. The van der Waals surface area contributed by atoms with Crippen molar-refractivity contribution < 1.29 is 4.79 Å². The Balaban J connectivity index is 1.89. The van der Waals surface area contributed by atoms with Crippen molar-refractivity contribution in [2.75, 3.05) is 0 Å². The first-order valence-corrected chi connectivity index (χ1v) is 7.56. The number of nitrogens with zero attached hydrogens (tertiary/aromatic N) is 2. The number of imidazole rings is 1. The van der Waals surface area contributed by atoms with Crippen LogP contribution in [0.4, 0.5) is 0 Å². The molecule has 1 fully saturated rings. The van der Waals surface area contributed by atoms with Crippen LogP contribution < -0.4 is 5.32 Å². The minimum Gasteiger partial charge on any atom is -0.342 e. The van der Waals surface area contributed by atoms with Gasteiger partial charge >= 0.3 is 0 Å². The summed E-state index contributed by atoms with van der Waals surface area (Å²) < 4.78 is 1.93. The third-order valence-electron chi connectivity index (χ3n) is 4.08. The molecule has 1 heterocycles. The van der Waals surface area contributed by atoms with E-state index in [1.54, 1.807) is 6.20 Å². The van der Waals surface area contributed by atoms with Crippen molar-refractivity contribution in [1.82, 2.24) is 14.9 Å². The van der Waals surface area contributed by atoms with Crippen LogP contribution in [-0.4, -0.2) is 15.5 Å². The van der Waals surface area contributed by atoms with Crippen molar-refractivity contribution in [1.29, 1.82) is 0 Å². The van der Waals surface area contributed by atoms with Gasteiger partial charge in [-0.3, -0.25) is 4.79 Å². The summed E-state index contributed by atoms with van der Waals surface area (Å²) in [5, 5.41) is 3.82. The Morgan fingerprint density at radius 3 is 2.62 bits per heavy atom. The highest BCUT2D eigenvalue weighted by Crippen LogP contribution is 2.29. The molecule has 0 bridgehead atoms. The molecule has 1 N–H and O–H groups in total. The lowest BCUT2D eigenvalue weighted by molar-refractivity contribution is -0.127. The molecule has 1 amide bonds. The summed E-state index contributed by atoms with van der Waals surface area (Å²) in [4.78, 5) is 16.7. The molecule has 1 aliphatic carbocycles. The average molecular weight is 304 g/mol. The van der Waals surface area contributed by atoms with E-state index in [-0.39, 0.29) is 17.9 Å². The van der Waals surface area contributed by atoms with Crippen LogP contribution in [0.5, 0.6) is 0 Å². The molecule has 0 aliphatic heterocycles. The van der Waals surface area contributed by atoms with Crippen molar-refractivity contribution >= 4 is 17.5 Å². The quantitative estimate of drug-likeness (QED) is 0.943. The van der Waals surface area contributed by atoms with E-state index < -0.39 is 0 Å². The monoisotopic (exact) mass is 303 g/mol. The zero-order chi connectivity index (χ0) is 14.8. The van der Waals surface area contributed by atoms with E-state index >= 15 is 0 Å². The molecular formula is C16H18ClN3O. The van der Waals surface area contributed by atoms with Gasteiger partial charge in [-0.05, 0) is 30.5 Å². The maximum atomic E-state index is 12.3. The number of amides is 1. The van der Waals surface area contributed by atoms with E-state index in [4.69, 9.17) is 11.6 Å². The maximum Gasteiger partial charge on any atom is 0.223 e. The number of hydrogen-bond acceptors (Lipinski definition) is 2. The molecular weight excluding hydrogens is 286 g/mol. The van der Waals surface area contributed by atoms with Crippen LogP contribution in [0.25, 0.3) is 0 Å². The molecule has 4 nitrogen and oxygen atoms in total. The number of halogens is 1. The van der Waals surface area contributed by atoms with Crippen molar-refractivity contribution in [3.8, 4) is 0 Å². The van der Waals surface area contributed by atoms with Crippen LogP contribution in [0.15, 0.2) is 36.7 Å². The van der Waals surface area contributed by atoms with Gasteiger partial charge in [-0.25, -0.2) is 4.98 Å². The van der Waals surface area contributed by atoms with Crippen LogP contribution in [0.1, 0.15) is 36.7 Å². The predicted octanol–water partition coefficient (Wildman–Crippen LogP) is 3.08.